The monoisotopic (exact) mass is 351 g/mol. The fourth-order valence-electron chi connectivity index (χ4n) is 1.98. The molecule has 2 N–H and O–H groups in total. The number of hydrogen-bond donors (Lipinski definition) is 2. The fraction of sp³-hybridized carbons (Fsp3) is 0.333. The zero-order chi connectivity index (χ0) is 15.1. The Morgan fingerprint density at radius 2 is 2.05 bits per heavy atom. The van der Waals surface area contributed by atoms with E-state index in [-0.39, 0.29) is 0 Å². The van der Waals surface area contributed by atoms with E-state index in [0.29, 0.717) is 5.56 Å². The first kappa shape index (κ1) is 15.7. The normalized spacial score (nSPS) is 10.7. The highest BCUT2D eigenvalue weighted by molar-refractivity contribution is 9.10. The molecule has 0 saturated heterocycles. The highest BCUT2D eigenvalue weighted by Gasteiger charge is 2.01. The number of aromatic carboxylic acids is 1. The molecular weight excluding hydrogens is 334 g/mol. The van der Waals surface area contributed by atoms with Crippen molar-refractivity contribution >= 4 is 21.9 Å². The van der Waals surface area contributed by atoms with Crippen LogP contribution in [0, 0.1) is 0 Å². The van der Waals surface area contributed by atoms with Crippen LogP contribution in [0.25, 0.3) is 0 Å². The molecule has 0 atom stereocenters. The Bertz CT molecular complexity index is 581. The van der Waals surface area contributed by atoms with Gasteiger partial charge < -0.3 is 10.4 Å². The van der Waals surface area contributed by atoms with Gasteiger partial charge in [-0.3, -0.25) is 4.68 Å². The Balaban J connectivity index is 1.60. The van der Waals surface area contributed by atoms with E-state index >= 15 is 0 Å². The van der Waals surface area contributed by atoms with E-state index in [4.69, 9.17) is 5.11 Å². The van der Waals surface area contributed by atoms with Gasteiger partial charge in [0.05, 0.1) is 16.2 Å². The van der Waals surface area contributed by atoms with Crippen LogP contribution in [0.3, 0.4) is 0 Å². The number of rotatable bonds is 8. The third-order valence-electron chi connectivity index (χ3n) is 3.12. The van der Waals surface area contributed by atoms with Crippen molar-refractivity contribution in [1.82, 2.24) is 15.1 Å². The summed E-state index contributed by atoms with van der Waals surface area (Å²) >= 11 is 3.37. The smallest absolute Gasteiger partial charge is 0.335 e. The molecule has 1 heterocycles. The van der Waals surface area contributed by atoms with Crippen LogP contribution in [0.5, 0.6) is 0 Å². The minimum Gasteiger partial charge on any atom is -0.478 e. The minimum atomic E-state index is -0.889. The molecule has 0 aliphatic rings. The SMILES string of the molecule is O=C(O)c1ccc(CNCCCCn2cc(Br)cn2)cc1. The predicted molar refractivity (Wildman–Crippen MR) is 84.3 cm³/mol. The number of hydrogen-bond acceptors (Lipinski definition) is 3. The van der Waals surface area contributed by atoms with E-state index in [1.165, 1.54) is 0 Å². The van der Waals surface area contributed by atoms with Crippen LogP contribution in [0.4, 0.5) is 0 Å². The molecule has 2 aromatic rings. The number of aryl methyl sites for hydroxylation is 1. The first-order valence-corrected chi connectivity index (χ1v) is 7.65. The number of benzene rings is 1. The first-order chi connectivity index (χ1) is 10.1. The lowest BCUT2D eigenvalue weighted by Crippen LogP contribution is -2.15. The van der Waals surface area contributed by atoms with E-state index in [0.717, 1.165) is 42.5 Å². The molecule has 21 heavy (non-hydrogen) atoms. The molecule has 6 heteroatoms. The number of nitrogens with one attached hydrogen (secondary N) is 1. The molecule has 0 fully saturated rings. The number of carboxylic acids is 1. The van der Waals surface area contributed by atoms with Crippen molar-refractivity contribution in [2.24, 2.45) is 0 Å². The second kappa shape index (κ2) is 7.95. The maximum absolute atomic E-state index is 10.7. The molecule has 112 valence electrons. The Morgan fingerprint density at radius 3 is 2.67 bits per heavy atom. The van der Waals surface area contributed by atoms with Crippen LogP contribution < -0.4 is 5.32 Å². The first-order valence-electron chi connectivity index (χ1n) is 6.86. The third kappa shape index (κ3) is 5.32. The van der Waals surface area contributed by atoms with E-state index in [2.05, 4.69) is 26.3 Å². The molecule has 1 aromatic carbocycles. The van der Waals surface area contributed by atoms with E-state index in [1.807, 2.05) is 23.0 Å². The van der Waals surface area contributed by atoms with Crippen molar-refractivity contribution in [1.29, 1.82) is 0 Å². The van der Waals surface area contributed by atoms with Gasteiger partial charge in [0.25, 0.3) is 0 Å². The molecule has 0 amide bonds. The Morgan fingerprint density at radius 1 is 1.29 bits per heavy atom. The Kier molecular flexibility index (Phi) is 5.95. The summed E-state index contributed by atoms with van der Waals surface area (Å²) in [5.74, 6) is -0.889. The number of carbonyl (C=O) groups is 1. The van der Waals surface area contributed by atoms with Crippen molar-refractivity contribution in [3.05, 3.63) is 52.3 Å². The maximum Gasteiger partial charge on any atom is 0.335 e. The van der Waals surface area contributed by atoms with Crippen molar-refractivity contribution in [3.8, 4) is 0 Å². The molecule has 5 nitrogen and oxygen atoms in total. The number of nitrogens with zero attached hydrogens (tertiary/aromatic N) is 2. The second-order valence-corrected chi connectivity index (χ2v) is 5.72. The molecule has 0 aliphatic carbocycles. The van der Waals surface area contributed by atoms with E-state index < -0.39 is 5.97 Å². The molecule has 0 bridgehead atoms. The largest absolute Gasteiger partial charge is 0.478 e. The zero-order valence-electron chi connectivity index (χ0n) is 11.6. The van der Waals surface area contributed by atoms with E-state index in [1.54, 1.807) is 18.3 Å². The van der Waals surface area contributed by atoms with Gasteiger partial charge in [0.2, 0.25) is 0 Å². The third-order valence-corrected chi connectivity index (χ3v) is 3.53. The Hall–Kier alpha value is -1.66. The Labute approximate surface area is 132 Å². The van der Waals surface area contributed by atoms with Gasteiger partial charge in [-0.15, -0.1) is 0 Å². The summed E-state index contributed by atoms with van der Waals surface area (Å²) in [6.45, 7) is 2.61. The molecule has 1 aromatic heterocycles. The lowest BCUT2D eigenvalue weighted by molar-refractivity contribution is 0.0697. The van der Waals surface area contributed by atoms with Gasteiger partial charge in [0.1, 0.15) is 0 Å². The fourth-order valence-corrected chi connectivity index (χ4v) is 2.31. The number of halogens is 1. The predicted octanol–water partition coefficient (Wildman–Crippen LogP) is 2.91. The molecule has 0 saturated carbocycles. The molecule has 2 rings (SSSR count). The van der Waals surface area contributed by atoms with Gasteiger partial charge in [0, 0.05) is 19.3 Å². The molecule has 0 aliphatic heterocycles. The van der Waals surface area contributed by atoms with Crippen molar-refractivity contribution in [3.63, 3.8) is 0 Å². The van der Waals surface area contributed by atoms with Crippen molar-refractivity contribution < 1.29 is 9.90 Å². The van der Waals surface area contributed by atoms with Crippen LogP contribution in [0.1, 0.15) is 28.8 Å². The van der Waals surface area contributed by atoms with Gasteiger partial charge in [-0.25, -0.2) is 4.79 Å². The van der Waals surface area contributed by atoms with Gasteiger partial charge in [-0.2, -0.15) is 5.10 Å². The number of carboxylic acid groups (broad SMARTS) is 1. The summed E-state index contributed by atoms with van der Waals surface area (Å²) in [6, 6.07) is 6.96. The van der Waals surface area contributed by atoms with Crippen LogP contribution in [0.15, 0.2) is 41.1 Å². The topological polar surface area (TPSA) is 67.2 Å². The summed E-state index contributed by atoms with van der Waals surface area (Å²) < 4.78 is 2.93. The second-order valence-electron chi connectivity index (χ2n) is 4.81. The zero-order valence-corrected chi connectivity index (χ0v) is 13.2. The molecule has 0 spiro atoms. The summed E-state index contributed by atoms with van der Waals surface area (Å²) in [7, 11) is 0. The summed E-state index contributed by atoms with van der Waals surface area (Å²) in [6.07, 6.45) is 5.90. The lowest BCUT2D eigenvalue weighted by Gasteiger charge is -2.05. The highest BCUT2D eigenvalue weighted by atomic mass is 79.9. The van der Waals surface area contributed by atoms with Gasteiger partial charge >= 0.3 is 5.97 Å². The van der Waals surface area contributed by atoms with Crippen LogP contribution in [-0.4, -0.2) is 27.4 Å². The molecule has 0 unspecified atom stereocenters. The van der Waals surface area contributed by atoms with Crippen molar-refractivity contribution in [2.45, 2.75) is 25.9 Å². The highest BCUT2D eigenvalue weighted by Crippen LogP contribution is 2.07. The number of aromatic nitrogens is 2. The average molecular weight is 352 g/mol. The quantitative estimate of drug-likeness (QED) is 0.717. The lowest BCUT2D eigenvalue weighted by atomic mass is 10.1. The molecule has 0 radical (unpaired) electrons. The average Bonchev–Trinajstić information content (AvgIpc) is 2.89. The standard InChI is InChI=1S/C15H18BrN3O2/c16-14-10-18-19(11-14)8-2-1-7-17-9-12-3-5-13(6-4-12)15(20)21/h3-6,10-11,17H,1-2,7-9H2,(H,20,21). The summed E-state index contributed by atoms with van der Waals surface area (Å²) in [4.78, 5) is 10.7. The van der Waals surface area contributed by atoms with Crippen LogP contribution >= 0.6 is 15.9 Å². The van der Waals surface area contributed by atoms with Gasteiger partial charge in [-0.05, 0) is 53.0 Å². The maximum atomic E-state index is 10.7. The van der Waals surface area contributed by atoms with Gasteiger partial charge in [0.15, 0.2) is 0 Å². The minimum absolute atomic E-state index is 0.323. The van der Waals surface area contributed by atoms with Crippen molar-refractivity contribution in [2.75, 3.05) is 6.54 Å². The number of unbranched alkanes of at least 4 members (excludes halogenated alkanes) is 1. The molecular formula is C15H18BrN3O2. The van der Waals surface area contributed by atoms with Crippen LogP contribution in [-0.2, 0) is 13.1 Å². The van der Waals surface area contributed by atoms with Gasteiger partial charge in [-0.1, -0.05) is 12.1 Å². The van der Waals surface area contributed by atoms with Crippen LogP contribution in [0.2, 0.25) is 0 Å². The summed E-state index contributed by atoms with van der Waals surface area (Å²) in [5, 5.41) is 16.4. The van der Waals surface area contributed by atoms with E-state index in [9.17, 15) is 4.79 Å². The summed E-state index contributed by atoms with van der Waals surface area (Å²) in [5.41, 5.74) is 1.42.